The predicted molar refractivity (Wildman–Crippen MR) is 118 cm³/mol. The molecule has 2 heterocycles. The topological polar surface area (TPSA) is 61.4 Å². The van der Waals surface area contributed by atoms with Gasteiger partial charge in [0.1, 0.15) is 0 Å². The Morgan fingerprint density at radius 1 is 1.07 bits per heavy atom. The highest BCUT2D eigenvalue weighted by Crippen LogP contribution is 2.28. The van der Waals surface area contributed by atoms with Crippen LogP contribution in [0.1, 0.15) is 18.5 Å². The van der Waals surface area contributed by atoms with Gasteiger partial charge in [-0.15, -0.1) is 0 Å². The Kier molecular flexibility index (Phi) is 9.50. The number of aliphatic imine (C=N–C) groups is 1. The zero-order chi connectivity index (χ0) is 20.3. The second-order valence-corrected chi connectivity index (χ2v) is 7.69. The van der Waals surface area contributed by atoms with Gasteiger partial charge in [-0.1, -0.05) is 29.8 Å². The van der Waals surface area contributed by atoms with E-state index >= 15 is 0 Å². The number of hydrogen-bond acceptors (Lipinski definition) is 5. The molecule has 1 unspecified atom stereocenters. The minimum atomic E-state index is 0.141. The fourth-order valence-electron chi connectivity index (χ4n) is 3.72. The fourth-order valence-corrected chi connectivity index (χ4v) is 3.98. The standard InChI is InChI=1S/C21H34ClN5O2/c1-2-23-21(24-7-8-26-9-13-28-14-10-26)25-17-20(27-11-15-29-16-12-27)18-5-3-4-6-19(18)22/h3-6,20H,2,7-17H2,1H3,(H2,23,24,25). The monoisotopic (exact) mass is 423 g/mol. The normalized spacial score (nSPS) is 20.4. The zero-order valence-corrected chi connectivity index (χ0v) is 18.2. The van der Waals surface area contributed by atoms with Crippen LogP contribution in [-0.2, 0) is 9.47 Å². The van der Waals surface area contributed by atoms with Crippen molar-refractivity contribution in [2.75, 3.05) is 78.8 Å². The maximum Gasteiger partial charge on any atom is 0.191 e. The van der Waals surface area contributed by atoms with Gasteiger partial charge >= 0.3 is 0 Å². The van der Waals surface area contributed by atoms with Crippen LogP contribution >= 0.6 is 11.6 Å². The number of guanidine groups is 1. The predicted octanol–water partition coefficient (Wildman–Crippen LogP) is 1.60. The Morgan fingerprint density at radius 2 is 1.76 bits per heavy atom. The van der Waals surface area contributed by atoms with Crippen molar-refractivity contribution in [2.45, 2.75) is 13.0 Å². The van der Waals surface area contributed by atoms with Gasteiger partial charge in [0.05, 0.1) is 39.0 Å². The molecule has 0 amide bonds. The number of morpholine rings is 2. The van der Waals surface area contributed by atoms with E-state index < -0.39 is 0 Å². The van der Waals surface area contributed by atoms with E-state index in [4.69, 9.17) is 26.1 Å². The van der Waals surface area contributed by atoms with Crippen LogP contribution in [0.15, 0.2) is 29.3 Å². The van der Waals surface area contributed by atoms with E-state index in [9.17, 15) is 0 Å². The van der Waals surface area contributed by atoms with Crippen LogP contribution in [0, 0.1) is 0 Å². The van der Waals surface area contributed by atoms with Gasteiger partial charge in [-0.2, -0.15) is 0 Å². The Bertz CT molecular complexity index is 633. The lowest BCUT2D eigenvalue weighted by atomic mass is 10.0. The molecule has 1 aromatic rings. The highest BCUT2D eigenvalue weighted by atomic mass is 35.5. The number of nitrogens with zero attached hydrogens (tertiary/aromatic N) is 3. The summed E-state index contributed by atoms with van der Waals surface area (Å²) in [6.45, 7) is 12.4. The van der Waals surface area contributed by atoms with Crippen LogP contribution in [0.25, 0.3) is 0 Å². The molecule has 0 radical (unpaired) electrons. The molecule has 2 aliphatic heterocycles. The van der Waals surface area contributed by atoms with Crippen LogP contribution in [0.3, 0.4) is 0 Å². The second kappa shape index (κ2) is 12.3. The molecule has 8 heteroatoms. The van der Waals surface area contributed by atoms with E-state index in [0.29, 0.717) is 6.54 Å². The van der Waals surface area contributed by atoms with Gasteiger partial charge in [0, 0.05) is 50.8 Å². The van der Waals surface area contributed by atoms with Gasteiger partial charge in [0.2, 0.25) is 0 Å². The summed E-state index contributed by atoms with van der Waals surface area (Å²) in [7, 11) is 0. The van der Waals surface area contributed by atoms with Crippen molar-refractivity contribution in [1.29, 1.82) is 0 Å². The van der Waals surface area contributed by atoms with E-state index in [0.717, 1.165) is 88.8 Å². The SMILES string of the molecule is CCNC(=NCC(c1ccccc1Cl)N1CCOCC1)NCCN1CCOCC1. The average molecular weight is 424 g/mol. The quantitative estimate of drug-likeness (QED) is 0.489. The third kappa shape index (κ3) is 7.12. The summed E-state index contributed by atoms with van der Waals surface area (Å²) >= 11 is 6.53. The molecule has 7 nitrogen and oxygen atoms in total. The minimum Gasteiger partial charge on any atom is -0.379 e. The Balaban J connectivity index is 1.63. The Morgan fingerprint density at radius 3 is 2.45 bits per heavy atom. The van der Waals surface area contributed by atoms with Gasteiger partial charge < -0.3 is 20.1 Å². The molecule has 162 valence electrons. The second-order valence-electron chi connectivity index (χ2n) is 7.29. The van der Waals surface area contributed by atoms with Gasteiger partial charge in [0.15, 0.2) is 5.96 Å². The van der Waals surface area contributed by atoms with Crippen molar-refractivity contribution in [3.8, 4) is 0 Å². The number of ether oxygens (including phenoxy) is 2. The van der Waals surface area contributed by atoms with Crippen LogP contribution in [0.4, 0.5) is 0 Å². The van der Waals surface area contributed by atoms with E-state index in [2.05, 4.69) is 33.4 Å². The van der Waals surface area contributed by atoms with Gasteiger partial charge in [-0.25, -0.2) is 0 Å². The molecular formula is C21H34ClN5O2. The Labute approximate surface area is 179 Å². The molecule has 2 aliphatic rings. The summed E-state index contributed by atoms with van der Waals surface area (Å²) in [6.07, 6.45) is 0. The average Bonchev–Trinajstić information content (AvgIpc) is 2.76. The third-order valence-electron chi connectivity index (χ3n) is 5.34. The van der Waals surface area contributed by atoms with Crippen LogP contribution in [-0.4, -0.2) is 94.5 Å². The molecule has 2 fully saturated rings. The first-order chi connectivity index (χ1) is 14.3. The van der Waals surface area contributed by atoms with E-state index in [1.807, 2.05) is 18.2 Å². The summed E-state index contributed by atoms with van der Waals surface area (Å²) in [5.74, 6) is 0.853. The van der Waals surface area contributed by atoms with Crippen molar-refractivity contribution >= 4 is 17.6 Å². The highest BCUT2D eigenvalue weighted by Gasteiger charge is 2.24. The first kappa shape index (κ1) is 22.3. The molecule has 2 saturated heterocycles. The molecule has 0 bridgehead atoms. The van der Waals surface area contributed by atoms with E-state index in [1.165, 1.54) is 0 Å². The van der Waals surface area contributed by atoms with Gasteiger partial charge in [0.25, 0.3) is 0 Å². The number of hydrogen-bond donors (Lipinski definition) is 2. The maximum absolute atomic E-state index is 6.53. The zero-order valence-electron chi connectivity index (χ0n) is 17.4. The maximum atomic E-state index is 6.53. The van der Waals surface area contributed by atoms with Crippen LogP contribution < -0.4 is 10.6 Å². The number of nitrogens with one attached hydrogen (secondary N) is 2. The molecule has 29 heavy (non-hydrogen) atoms. The number of benzene rings is 1. The molecule has 1 aromatic carbocycles. The number of halogens is 1. The Hall–Kier alpha value is -1.38. The summed E-state index contributed by atoms with van der Waals surface area (Å²) in [5, 5.41) is 7.63. The van der Waals surface area contributed by atoms with E-state index in [1.54, 1.807) is 0 Å². The van der Waals surface area contributed by atoms with Crippen LogP contribution in [0.5, 0.6) is 0 Å². The highest BCUT2D eigenvalue weighted by molar-refractivity contribution is 6.31. The molecule has 2 N–H and O–H groups in total. The molecule has 0 spiro atoms. The summed E-state index contributed by atoms with van der Waals surface area (Å²) in [4.78, 5) is 9.74. The van der Waals surface area contributed by atoms with Crippen molar-refractivity contribution in [1.82, 2.24) is 20.4 Å². The van der Waals surface area contributed by atoms with Crippen molar-refractivity contribution in [2.24, 2.45) is 4.99 Å². The van der Waals surface area contributed by atoms with Gasteiger partial charge in [-0.3, -0.25) is 14.8 Å². The smallest absolute Gasteiger partial charge is 0.191 e. The summed E-state index contributed by atoms with van der Waals surface area (Å²) in [6, 6.07) is 8.23. The lowest BCUT2D eigenvalue weighted by molar-refractivity contribution is 0.0180. The van der Waals surface area contributed by atoms with Crippen LogP contribution in [0.2, 0.25) is 5.02 Å². The number of rotatable bonds is 8. The van der Waals surface area contributed by atoms with Crippen molar-refractivity contribution in [3.05, 3.63) is 34.9 Å². The van der Waals surface area contributed by atoms with Crippen molar-refractivity contribution < 1.29 is 9.47 Å². The molecule has 1 atom stereocenters. The van der Waals surface area contributed by atoms with E-state index in [-0.39, 0.29) is 6.04 Å². The molecule has 0 aliphatic carbocycles. The lowest BCUT2D eigenvalue weighted by Crippen LogP contribution is -2.45. The molecule has 3 rings (SSSR count). The van der Waals surface area contributed by atoms with Gasteiger partial charge in [-0.05, 0) is 18.6 Å². The third-order valence-corrected chi connectivity index (χ3v) is 5.69. The van der Waals surface area contributed by atoms with Crippen molar-refractivity contribution in [3.63, 3.8) is 0 Å². The summed E-state index contributed by atoms with van der Waals surface area (Å²) < 4.78 is 11.0. The molecular weight excluding hydrogens is 390 g/mol. The fraction of sp³-hybridized carbons (Fsp3) is 0.667. The molecule has 0 saturated carbocycles. The molecule has 0 aromatic heterocycles. The minimum absolute atomic E-state index is 0.141. The largest absolute Gasteiger partial charge is 0.379 e. The first-order valence-electron chi connectivity index (χ1n) is 10.7. The lowest BCUT2D eigenvalue weighted by Gasteiger charge is -2.34. The summed E-state index contributed by atoms with van der Waals surface area (Å²) in [5.41, 5.74) is 1.13. The first-order valence-corrected chi connectivity index (χ1v) is 11.0.